The molecule has 0 saturated carbocycles. The van der Waals surface area contributed by atoms with Crippen molar-refractivity contribution in [2.24, 2.45) is 5.92 Å². The molecule has 0 N–H and O–H groups in total. The van der Waals surface area contributed by atoms with E-state index in [-0.39, 0.29) is 24.3 Å². The van der Waals surface area contributed by atoms with E-state index in [0.29, 0.717) is 12.3 Å². The molecule has 0 aromatic rings. The molecule has 0 spiro atoms. The summed E-state index contributed by atoms with van der Waals surface area (Å²) in [6, 6.07) is -0.355. The highest BCUT2D eigenvalue weighted by Crippen LogP contribution is 2.32. The third-order valence-corrected chi connectivity index (χ3v) is 4.19. The second-order valence-corrected chi connectivity index (χ2v) is 5.63. The summed E-state index contributed by atoms with van der Waals surface area (Å²) in [5.74, 6) is -0.324. The summed E-state index contributed by atoms with van der Waals surface area (Å²) in [5.41, 5.74) is 1.07. The minimum absolute atomic E-state index is 0.0834. The number of methoxy groups -OCH3 is 1. The van der Waals surface area contributed by atoms with E-state index in [0.717, 1.165) is 18.4 Å². The fourth-order valence-electron chi connectivity index (χ4n) is 3.09. The zero-order valence-electron chi connectivity index (χ0n) is 12.9. The van der Waals surface area contributed by atoms with E-state index in [4.69, 9.17) is 14.2 Å². The summed E-state index contributed by atoms with van der Waals surface area (Å²) in [6.07, 6.45) is 12.3. The Labute approximate surface area is 134 Å². The molecule has 0 radical (unpaired) electrons. The van der Waals surface area contributed by atoms with Gasteiger partial charge in [-0.05, 0) is 18.4 Å². The van der Waals surface area contributed by atoms with Crippen LogP contribution < -0.4 is 0 Å². The van der Waals surface area contributed by atoms with E-state index in [9.17, 15) is 9.59 Å². The number of rotatable bonds is 4. The van der Waals surface area contributed by atoms with Gasteiger partial charge < -0.3 is 19.1 Å². The lowest BCUT2D eigenvalue weighted by atomic mass is 9.95. The molecule has 6 nitrogen and oxygen atoms in total. The third-order valence-electron chi connectivity index (χ3n) is 4.19. The summed E-state index contributed by atoms with van der Waals surface area (Å²) in [5, 5.41) is 0. The lowest BCUT2D eigenvalue weighted by Crippen LogP contribution is -2.40. The molecule has 122 valence electrons. The number of likely N-dealkylation sites (tertiary alicyclic amines) is 1. The number of hydrogen-bond acceptors (Lipinski definition) is 5. The van der Waals surface area contributed by atoms with Crippen molar-refractivity contribution in [3.05, 3.63) is 48.3 Å². The maximum atomic E-state index is 12.5. The van der Waals surface area contributed by atoms with Gasteiger partial charge in [0.15, 0.2) is 5.76 Å². The van der Waals surface area contributed by atoms with Crippen molar-refractivity contribution in [1.29, 1.82) is 0 Å². The van der Waals surface area contributed by atoms with Crippen LogP contribution in [0.2, 0.25) is 0 Å². The van der Waals surface area contributed by atoms with Gasteiger partial charge in [0.25, 0.3) is 0 Å². The van der Waals surface area contributed by atoms with Gasteiger partial charge in [-0.25, -0.2) is 0 Å². The molecule has 3 aliphatic rings. The SMILES string of the molecule is COC(=O)C1CC(=O)N(C(C2=CC=CCC2)C2=COC=CO2)C1. The standard InChI is InChI=1S/C17H19NO5/c1-21-17(20)13-9-15(19)18(10-13)16(12-5-3-2-4-6-12)14-11-22-7-8-23-14/h2-3,5,7-8,11,13,16H,4,6,9-10H2,1H3. The van der Waals surface area contributed by atoms with Crippen LogP contribution in [0.4, 0.5) is 0 Å². The number of amides is 1. The lowest BCUT2D eigenvalue weighted by molar-refractivity contribution is -0.145. The molecule has 2 heterocycles. The quantitative estimate of drug-likeness (QED) is 0.742. The Kier molecular flexibility index (Phi) is 4.50. The predicted octanol–water partition coefficient (Wildman–Crippen LogP) is 2.01. The first-order valence-electron chi connectivity index (χ1n) is 7.61. The minimum atomic E-state index is -0.435. The van der Waals surface area contributed by atoms with E-state index in [1.807, 2.05) is 12.2 Å². The highest BCUT2D eigenvalue weighted by Gasteiger charge is 2.41. The fraction of sp³-hybridized carbons (Fsp3) is 0.412. The molecule has 2 unspecified atom stereocenters. The van der Waals surface area contributed by atoms with Crippen molar-refractivity contribution in [3.63, 3.8) is 0 Å². The van der Waals surface area contributed by atoms with Crippen LogP contribution in [-0.2, 0) is 23.8 Å². The van der Waals surface area contributed by atoms with Gasteiger partial charge in [0.1, 0.15) is 24.8 Å². The molecule has 2 aliphatic heterocycles. The molecule has 0 aromatic heterocycles. The molecule has 2 atom stereocenters. The number of allylic oxidation sites excluding steroid dienone is 3. The second kappa shape index (κ2) is 6.73. The van der Waals surface area contributed by atoms with Gasteiger partial charge in [0.05, 0.1) is 13.0 Å². The molecule has 1 amide bonds. The monoisotopic (exact) mass is 317 g/mol. The predicted molar refractivity (Wildman–Crippen MR) is 81.5 cm³/mol. The largest absolute Gasteiger partial charge is 0.469 e. The van der Waals surface area contributed by atoms with Crippen LogP contribution in [0.15, 0.2) is 48.3 Å². The molecule has 1 aliphatic carbocycles. The molecule has 23 heavy (non-hydrogen) atoms. The van der Waals surface area contributed by atoms with Crippen molar-refractivity contribution >= 4 is 11.9 Å². The Bertz CT molecular complexity index is 616. The first-order valence-corrected chi connectivity index (χ1v) is 7.61. The van der Waals surface area contributed by atoms with Crippen LogP contribution in [-0.4, -0.2) is 36.5 Å². The maximum Gasteiger partial charge on any atom is 0.310 e. The summed E-state index contributed by atoms with van der Waals surface area (Å²) >= 11 is 0. The van der Waals surface area contributed by atoms with Crippen molar-refractivity contribution in [2.45, 2.75) is 25.3 Å². The van der Waals surface area contributed by atoms with Gasteiger partial charge in [-0.3, -0.25) is 9.59 Å². The van der Waals surface area contributed by atoms with Gasteiger partial charge in [-0.2, -0.15) is 0 Å². The molecule has 0 bridgehead atoms. The van der Waals surface area contributed by atoms with E-state index >= 15 is 0 Å². The van der Waals surface area contributed by atoms with Crippen LogP contribution in [0.25, 0.3) is 0 Å². The van der Waals surface area contributed by atoms with Gasteiger partial charge in [0, 0.05) is 13.0 Å². The highest BCUT2D eigenvalue weighted by molar-refractivity contribution is 5.87. The van der Waals surface area contributed by atoms with E-state index in [1.54, 1.807) is 4.90 Å². The van der Waals surface area contributed by atoms with Gasteiger partial charge in [-0.1, -0.05) is 18.2 Å². The number of nitrogens with zero attached hydrogens (tertiary/aromatic N) is 1. The summed E-state index contributed by atoms with van der Waals surface area (Å²) in [4.78, 5) is 25.9. The summed E-state index contributed by atoms with van der Waals surface area (Å²) < 4.78 is 15.5. The average molecular weight is 317 g/mol. The molecule has 3 rings (SSSR count). The van der Waals surface area contributed by atoms with E-state index in [1.165, 1.54) is 25.9 Å². The van der Waals surface area contributed by atoms with E-state index in [2.05, 4.69) is 6.08 Å². The number of hydrogen-bond donors (Lipinski definition) is 0. The molecule has 0 aromatic carbocycles. The number of esters is 1. The molecule has 6 heteroatoms. The van der Waals surface area contributed by atoms with E-state index < -0.39 is 5.92 Å². The van der Waals surface area contributed by atoms with Crippen molar-refractivity contribution in [3.8, 4) is 0 Å². The zero-order valence-corrected chi connectivity index (χ0v) is 12.9. The second-order valence-electron chi connectivity index (χ2n) is 5.63. The van der Waals surface area contributed by atoms with Gasteiger partial charge in [-0.15, -0.1) is 0 Å². The fourth-order valence-corrected chi connectivity index (χ4v) is 3.09. The maximum absolute atomic E-state index is 12.5. The first-order chi connectivity index (χ1) is 11.2. The Morgan fingerprint density at radius 1 is 1.43 bits per heavy atom. The van der Waals surface area contributed by atoms with Crippen molar-refractivity contribution in [1.82, 2.24) is 4.90 Å². The van der Waals surface area contributed by atoms with Crippen LogP contribution in [0.1, 0.15) is 19.3 Å². The third kappa shape index (κ3) is 3.16. The molecule has 1 fully saturated rings. The van der Waals surface area contributed by atoms with Crippen molar-refractivity contribution < 1.29 is 23.8 Å². The van der Waals surface area contributed by atoms with Crippen LogP contribution in [0.5, 0.6) is 0 Å². The zero-order chi connectivity index (χ0) is 16.2. The lowest BCUT2D eigenvalue weighted by Gasteiger charge is -2.32. The van der Waals surface area contributed by atoms with Crippen molar-refractivity contribution in [2.75, 3.05) is 13.7 Å². The summed E-state index contributed by atoms with van der Waals surface area (Å²) in [7, 11) is 1.34. The highest BCUT2D eigenvalue weighted by atomic mass is 16.5. The molecule has 1 saturated heterocycles. The Morgan fingerprint density at radius 2 is 2.30 bits per heavy atom. The van der Waals surface area contributed by atoms with Gasteiger partial charge in [0.2, 0.25) is 5.91 Å². The molecular formula is C17H19NO5. The Morgan fingerprint density at radius 3 is 2.96 bits per heavy atom. The van der Waals surface area contributed by atoms with Crippen LogP contribution in [0, 0.1) is 5.92 Å². The first kappa shape index (κ1) is 15.4. The Balaban J connectivity index is 1.87. The molecular weight excluding hydrogens is 298 g/mol. The normalized spacial score (nSPS) is 24.5. The topological polar surface area (TPSA) is 65.1 Å². The Hall–Kier alpha value is -2.50. The smallest absolute Gasteiger partial charge is 0.310 e. The number of carbonyl (C=O) groups excluding carboxylic acids is 2. The summed E-state index contributed by atoms with van der Waals surface area (Å²) in [6.45, 7) is 0.321. The van der Waals surface area contributed by atoms with Gasteiger partial charge >= 0.3 is 5.97 Å². The average Bonchev–Trinajstić information content (AvgIpc) is 2.98. The number of carbonyl (C=O) groups is 2. The van der Waals surface area contributed by atoms with Crippen LogP contribution >= 0.6 is 0 Å². The minimum Gasteiger partial charge on any atom is -0.469 e. The number of ether oxygens (including phenoxy) is 3. The van der Waals surface area contributed by atoms with Crippen LogP contribution in [0.3, 0.4) is 0 Å².